The largest absolute Gasteiger partial charge is 0.378 e. The van der Waals surface area contributed by atoms with Crippen LogP contribution in [-0.4, -0.2) is 39.7 Å². The number of hydrogen-bond acceptors (Lipinski definition) is 6. The van der Waals surface area contributed by atoms with E-state index >= 15 is 0 Å². The van der Waals surface area contributed by atoms with Crippen molar-refractivity contribution in [3.05, 3.63) is 47.2 Å². The Kier molecular flexibility index (Phi) is 3.79. The quantitative estimate of drug-likeness (QED) is 0.776. The zero-order valence-corrected chi connectivity index (χ0v) is 14.1. The zero-order chi connectivity index (χ0) is 17.5. The third-order valence-electron chi connectivity index (χ3n) is 4.89. The van der Waals surface area contributed by atoms with Crippen LogP contribution in [0.5, 0.6) is 0 Å². The van der Waals surface area contributed by atoms with E-state index in [-0.39, 0.29) is 11.9 Å². The smallest absolute Gasteiger partial charge is 0.278 e. The molecule has 2 aliphatic rings. The highest BCUT2D eigenvalue weighted by molar-refractivity contribution is 5.58. The van der Waals surface area contributed by atoms with Crippen molar-refractivity contribution in [2.75, 3.05) is 19.8 Å². The van der Waals surface area contributed by atoms with Gasteiger partial charge in [0.05, 0.1) is 19.3 Å². The van der Waals surface area contributed by atoms with E-state index in [2.05, 4.69) is 20.6 Å². The summed E-state index contributed by atoms with van der Waals surface area (Å²) < 4.78 is 26.9. The Morgan fingerprint density at radius 3 is 3.00 bits per heavy atom. The summed E-state index contributed by atoms with van der Waals surface area (Å²) >= 11 is 0. The van der Waals surface area contributed by atoms with Gasteiger partial charge in [-0.1, -0.05) is 17.3 Å². The van der Waals surface area contributed by atoms with E-state index in [0.29, 0.717) is 36.3 Å². The summed E-state index contributed by atoms with van der Waals surface area (Å²) in [7, 11) is 0. The summed E-state index contributed by atoms with van der Waals surface area (Å²) in [4.78, 5) is 4.52. The molecule has 0 unspecified atom stereocenters. The van der Waals surface area contributed by atoms with Gasteiger partial charge in [0, 0.05) is 17.8 Å². The molecule has 1 atom stereocenters. The van der Waals surface area contributed by atoms with Crippen LogP contribution in [0.1, 0.15) is 29.5 Å². The number of fused-ring (bicyclic) bond motifs is 1. The van der Waals surface area contributed by atoms with Crippen LogP contribution in [0.25, 0.3) is 17.3 Å². The van der Waals surface area contributed by atoms with E-state index in [1.807, 2.05) is 0 Å². The molecule has 1 aliphatic carbocycles. The first-order valence-electron chi connectivity index (χ1n) is 8.82. The Labute approximate surface area is 149 Å². The number of nitrogens with zero attached hydrogens (tertiary/aromatic N) is 4. The number of nitrogens with one attached hydrogen (secondary N) is 1. The van der Waals surface area contributed by atoms with Crippen molar-refractivity contribution >= 4 is 0 Å². The predicted octanol–water partition coefficient (Wildman–Crippen LogP) is 2.21. The second kappa shape index (κ2) is 6.30. The molecule has 3 heterocycles. The molecule has 1 N–H and O–H groups in total. The molecule has 134 valence electrons. The van der Waals surface area contributed by atoms with Crippen molar-refractivity contribution in [1.82, 2.24) is 25.2 Å². The SMILES string of the molecule is Fc1ccccc1-n1nc(-c2nc([C@@H]3COCCN3)no2)c2c1CCC2. The maximum Gasteiger partial charge on any atom is 0.278 e. The second-order valence-corrected chi connectivity index (χ2v) is 6.53. The highest BCUT2D eigenvalue weighted by atomic mass is 19.1. The molecule has 0 saturated carbocycles. The lowest BCUT2D eigenvalue weighted by molar-refractivity contribution is 0.0734. The molecule has 1 aromatic carbocycles. The minimum Gasteiger partial charge on any atom is -0.378 e. The summed E-state index contributed by atoms with van der Waals surface area (Å²) in [6.45, 7) is 1.95. The Morgan fingerprint density at radius 2 is 2.15 bits per heavy atom. The van der Waals surface area contributed by atoms with Crippen LogP contribution in [-0.2, 0) is 17.6 Å². The first-order chi connectivity index (χ1) is 12.8. The topological polar surface area (TPSA) is 78.0 Å². The van der Waals surface area contributed by atoms with Gasteiger partial charge in [0.1, 0.15) is 11.5 Å². The molecule has 0 amide bonds. The average Bonchev–Trinajstić information content (AvgIpc) is 3.39. The first-order valence-corrected chi connectivity index (χ1v) is 8.82. The molecule has 8 heteroatoms. The number of hydrogen-bond donors (Lipinski definition) is 1. The second-order valence-electron chi connectivity index (χ2n) is 6.53. The highest BCUT2D eigenvalue weighted by Crippen LogP contribution is 2.33. The molecular weight excluding hydrogens is 337 g/mol. The Bertz CT molecular complexity index is 945. The number of halogens is 1. The van der Waals surface area contributed by atoms with Gasteiger partial charge in [0.25, 0.3) is 5.89 Å². The molecule has 1 fully saturated rings. The minimum atomic E-state index is -0.300. The maximum absolute atomic E-state index is 14.3. The van der Waals surface area contributed by atoms with Crippen molar-refractivity contribution in [3.8, 4) is 17.3 Å². The summed E-state index contributed by atoms with van der Waals surface area (Å²) in [6.07, 6.45) is 2.74. The van der Waals surface area contributed by atoms with Crippen LogP contribution < -0.4 is 5.32 Å². The van der Waals surface area contributed by atoms with Crippen molar-refractivity contribution in [1.29, 1.82) is 0 Å². The standard InChI is InChI=1S/C18H18FN5O2/c19-12-5-1-2-6-15(12)24-14-7-3-4-11(14)16(22-24)18-21-17(23-26-18)13-10-25-9-8-20-13/h1-2,5-6,13,20H,3-4,7-10H2/t13-/m0/s1. The van der Waals surface area contributed by atoms with Crippen LogP contribution in [0, 0.1) is 5.82 Å². The Hall–Kier alpha value is -2.58. The first kappa shape index (κ1) is 15.7. The normalized spacial score (nSPS) is 19.7. The van der Waals surface area contributed by atoms with E-state index in [1.54, 1.807) is 22.9 Å². The summed E-state index contributed by atoms with van der Waals surface area (Å²) in [5.41, 5.74) is 3.18. The molecular formula is C18H18FN5O2. The lowest BCUT2D eigenvalue weighted by Gasteiger charge is -2.20. The van der Waals surface area contributed by atoms with Crippen molar-refractivity contribution in [2.24, 2.45) is 0 Å². The Morgan fingerprint density at radius 1 is 1.23 bits per heavy atom. The molecule has 26 heavy (non-hydrogen) atoms. The van der Waals surface area contributed by atoms with Crippen LogP contribution in [0.4, 0.5) is 4.39 Å². The van der Waals surface area contributed by atoms with Crippen molar-refractivity contribution in [2.45, 2.75) is 25.3 Å². The molecule has 1 saturated heterocycles. The van der Waals surface area contributed by atoms with E-state index in [9.17, 15) is 4.39 Å². The Balaban J connectivity index is 1.55. The van der Waals surface area contributed by atoms with Crippen LogP contribution in [0.3, 0.4) is 0 Å². The average molecular weight is 355 g/mol. The highest BCUT2D eigenvalue weighted by Gasteiger charge is 2.29. The lowest BCUT2D eigenvalue weighted by atomic mass is 10.2. The summed E-state index contributed by atoms with van der Waals surface area (Å²) in [5, 5.41) is 12.0. The lowest BCUT2D eigenvalue weighted by Crippen LogP contribution is -2.35. The van der Waals surface area contributed by atoms with Crippen LogP contribution >= 0.6 is 0 Å². The fraction of sp³-hybridized carbons (Fsp3) is 0.389. The number of rotatable bonds is 3. The van der Waals surface area contributed by atoms with E-state index in [1.165, 1.54) is 6.07 Å². The van der Waals surface area contributed by atoms with Gasteiger partial charge in [0.15, 0.2) is 11.5 Å². The maximum atomic E-state index is 14.3. The van der Waals surface area contributed by atoms with Gasteiger partial charge in [0.2, 0.25) is 0 Å². The van der Waals surface area contributed by atoms with Crippen LogP contribution in [0.15, 0.2) is 28.8 Å². The van der Waals surface area contributed by atoms with Crippen molar-refractivity contribution in [3.63, 3.8) is 0 Å². The molecule has 0 spiro atoms. The zero-order valence-electron chi connectivity index (χ0n) is 14.1. The van der Waals surface area contributed by atoms with Gasteiger partial charge in [-0.3, -0.25) is 0 Å². The number of para-hydroxylation sites is 1. The van der Waals surface area contributed by atoms with Gasteiger partial charge in [-0.15, -0.1) is 0 Å². The molecule has 1 aliphatic heterocycles. The molecule has 0 radical (unpaired) electrons. The fourth-order valence-electron chi connectivity index (χ4n) is 3.64. The molecule has 5 rings (SSSR count). The van der Waals surface area contributed by atoms with E-state index in [0.717, 1.165) is 37.1 Å². The predicted molar refractivity (Wildman–Crippen MR) is 90.4 cm³/mol. The number of morpholine rings is 1. The minimum absolute atomic E-state index is 0.0806. The third kappa shape index (κ3) is 2.53. The van der Waals surface area contributed by atoms with Gasteiger partial charge in [-0.2, -0.15) is 10.1 Å². The molecule has 2 aromatic heterocycles. The molecule has 0 bridgehead atoms. The molecule has 7 nitrogen and oxygen atoms in total. The van der Waals surface area contributed by atoms with Crippen molar-refractivity contribution < 1.29 is 13.7 Å². The summed E-state index contributed by atoms with van der Waals surface area (Å²) in [5.74, 6) is 0.638. The van der Waals surface area contributed by atoms with Gasteiger partial charge >= 0.3 is 0 Å². The van der Waals surface area contributed by atoms with Gasteiger partial charge in [-0.25, -0.2) is 9.07 Å². The van der Waals surface area contributed by atoms with Gasteiger partial charge in [-0.05, 0) is 31.4 Å². The monoisotopic (exact) mass is 355 g/mol. The number of aromatic nitrogens is 4. The van der Waals surface area contributed by atoms with E-state index < -0.39 is 0 Å². The molecule has 3 aromatic rings. The van der Waals surface area contributed by atoms with E-state index in [4.69, 9.17) is 9.26 Å². The van der Waals surface area contributed by atoms with Gasteiger partial charge < -0.3 is 14.6 Å². The summed E-state index contributed by atoms with van der Waals surface area (Å²) in [6, 6.07) is 6.57. The van der Waals surface area contributed by atoms with Crippen LogP contribution in [0.2, 0.25) is 0 Å². The fourth-order valence-corrected chi connectivity index (χ4v) is 3.64. The number of ether oxygens (including phenoxy) is 1. The third-order valence-corrected chi connectivity index (χ3v) is 4.89. The number of benzene rings is 1.